The molecule has 0 unspecified atom stereocenters. The summed E-state index contributed by atoms with van der Waals surface area (Å²) in [5, 5.41) is 9.57. The van der Waals surface area contributed by atoms with E-state index in [1.807, 2.05) is 13.8 Å². The molecule has 0 spiro atoms. The molecule has 0 saturated heterocycles. The molecule has 1 aliphatic heterocycles. The lowest BCUT2D eigenvalue weighted by atomic mass is 10.0. The van der Waals surface area contributed by atoms with Crippen molar-refractivity contribution < 1.29 is 27.9 Å². The molecular formula is C35H32ClF2N7O4. The highest BCUT2D eigenvalue weighted by molar-refractivity contribution is 6.20. The van der Waals surface area contributed by atoms with E-state index >= 15 is 4.39 Å². The number of hydrogen-bond donors (Lipinski definition) is 3. The summed E-state index contributed by atoms with van der Waals surface area (Å²) in [6.45, 7) is 3.67. The number of benzene rings is 3. The molecule has 1 aliphatic rings. The van der Waals surface area contributed by atoms with Crippen molar-refractivity contribution in [1.82, 2.24) is 19.9 Å². The smallest absolute Gasteiger partial charge is 0.323 e. The van der Waals surface area contributed by atoms with E-state index in [0.717, 1.165) is 0 Å². The Balaban J connectivity index is 0.00000468. The van der Waals surface area contributed by atoms with Gasteiger partial charge in [-0.15, -0.1) is 12.4 Å². The summed E-state index contributed by atoms with van der Waals surface area (Å²) in [5.41, 5.74) is 7.26. The van der Waals surface area contributed by atoms with Crippen LogP contribution in [-0.4, -0.2) is 50.3 Å². The maximum Gasteiger partial charge on any atom is 0.323 e. The number of esters is 1. The van der Waals surface area contributed by atoms with Gasteiger partial charge in [0.2, 0.25) is 6.17 Å². The molecule has 3 aromatic carbocycles. The molecule has 14 heteroatoms. The first-order chi connectivity index (χ1) is 23.1. The van der Waals surface area contributed by atoms with Crippen LogP contribution in [0.5, 0.6) is 0 Å². The lowest BCUT2D eigenvalue weighted by molar-refractivity contribution is -0.147. The van der Waals surface area contributed by atoms with E-state index in [1.165, 1.54) is 41.2 Å². The van der Waals surface area contributed by atoms with Crippen LogP contribution >= 0.6 is 12.4 Å². The van der Waals surface area contributed by atoms with Crippen molar-refractivity contribution in [3.8, 4) is 11.3 Å². The number of amides is 2. The number of para-hydroxylation sites is 1. The number of nitrogens with zero attached hydrogens (tertiary/aromatic N) is 4. The number of ether oxygens (including phenoxy) is 1. The second-order valence-corrected chi connectivity index (χ2v) is 11.6. The Hall–Kier alpha value is -5.53. The van der Waals surface area contributed by atoms with E-state index < -0.39 is 41.6 Å². The molecule has 5 aromatic rings. The highest BCUT2D eigenvalue weighted by Gasteiger charge is 2.32. The third-order valence-corrected chi connectivity index (χ3v) is 7.66. The largest absolute Gasteiger partial charge is 0.460 e. The number of aliphatic imine (C=N–C) groups is 1. The van der Waals surface area contributed by atoms with Gasteiger partial charge in [-0.25, -0.2) is 23.3 Å². The summed E-state index contributed by atoms with van der Waals surface area (Å²) in [5.74, 6) is -3.41. The minimum atomic E-state index is -1.50. The number of fused-ring (bicyclic) bond motifs is 2. The van der Waals surface area contributed by atoms with Crippen molar-refractivity contribution >= 4 is 47.2 Å². The third-order valence-electron chi connectivity index (χ3n) is 7.66. The van der Waals surface area contributed by atoms with Crippen LogP contribution in [0.3, 0.4) is 0 Å². The average Bonchev–Trinajstić information content (AvgIpc) is 3.39. The molecule has 49 heavy (non-hydrogen) atoms. The molecule has 0 fully saturated rings. The standard InChI is InChI=1S/C35H31F2N7O4.ClH/c1-19(2)16-26(38)35(47)48-18-20-12-13-22(25(37)17-20)30-27(32-39-14-7-15-44(32)43-30)33(45)42-31-34(46)41-29-23(10-6-11-24(29)36)28(40-31)21-8-4-3-5-9-21;/h3-15,17,19,26,31H,16,18,38H2,1-2H3,(H,41,46)(H,42,45);1H/t26-,31+;/m0./s1. The van der Waals surface area contributed by atoms with E-state index in [2.05, 4.69) is 25.7 Å². The lowest BCUT2D eigenvalue weighted by Crippen LogP contribution is -2.42. The topological polar surface area (TPSA) is 153 Å². The second kappa shape index (κ2) is 14.7. The zero-order valence-electron chi connectivity index (χ0n) is 26.4. The van der Waals surface area contributed by atoms with Crippen molar-refractivity contribution in [1.29, 1.82) is 0 Å². The van der Waals surface area contributed by atoms with Gasteiger partial charge in [-0.1, -0.05) is 62.4 Å². The summed E-state index contributed by atoms with van der Waals surface area (Å²) in [6.07, 6.45) is 1.93. The quantitative estimate of drug-likeness (QED) is 0.183. The van der Waals surface area contributed by atoms with Crippen LogP contribution in [0.1, 0.15) is 47.3 Å². The van der Waals surface area contributed by atoms with E-state index in [4.69, 9.17) is 10.5 Å². The molecule has 252 valence electrons. The van der Waals surface area contributed by atoms with Gasteiger partial charge in [0.15, 0.2) is 5.65 Å². The predicted octanol–water partition coefficient (Wildman–Crippen LogP) is 5.06. The Kier molecular flexibility index (Phi) is 10.4. The summed E-state index contributed by atoms with van der Waals surface area (Å²) in [6, 6.07) is 18.1. The van der Waals surface area contributed by atoms with Crippen LogP contribution in [0, 0.1) is 17.6 Å². The molecule has 3 heterocycles. The maximum atomic E-state index is 15.7. The maximum absolute atomic E-state index is 15.7. The van der Waals surface area contributed by atoms with Crippen LogP contribution in [0.25, 0.3) is 16.9 Å². The fourth-order valence-corrected chi connectivity index (χ4v) is 5.41. The first-order valence-corrected chi connectivity index (χ1v) is 15.2. The van der Waals surface area contributed by atoms with Gasteiger partial charge in [0.05, 0.1) is 11.4 Å². The highest BCUT2D eigenvalue weighted by atomic mass is 35.5. The van der Waals surface area contributed by atoms with Gasteiger partial charge in [0.25, 0.3) is 11.8 Å². The van der Waals surface area contributed by atoms with Crippen LogP contribution in [-0.2, 0) is 20.9 Å². The minimum Gasteiger partial charge on any atom is -0.460 e. The molecular weight excluding hydrogens is 656 g/mol. The number of benzodiazepines with no additional fused rings is 1. The van der Waals surface area contributed by atoms with Gasteiger partial charge < -0.3 is 21.1 Å². The molecule has 2 aromatic heterocycles. The van der Waals surface area contributed by atoms with E-state index in [1.54, 1.807) is 48.5 Å². The minimum absolute atomic E-state index is 0. The van der Waals surface area contributed by atoms with Crippen molar-refractivity contribution in [2.75, 3.05) is 5.32 Å². The van der Waals surface area contributed by atoms with Gasteiger partial charge in [0, 0.05) is 29.1 Å². The first-order valence-electron chi connectivity index (χ1n) is 15.2. The number of hydrogen-bond acceptors (Lipinski definition) is 8. The highest BCUT2D eigenvalue weighted by Crippen LogP contribution is 2.30. The van der Waals surface area contributed by atoms with Gasteiger partial charge in [-0.05, 0) is 42.2 Å². The van der Waals surface area contributed by atoms with Crippen LogP contribution in [0.4, 0.5) is 14.5 Å². The molecule has 2 amide bonds. The predicted molar refractivity (Wildman–Crippen MR) is 181 cm³/mol. The molecule has 4 N–H and O–H groups in total. The summed E-state index contributed by atoms with van der Waals surface area (Å²) in [7, 11) is 0. The van der Waals surface area contributed by atoms with Crippen molar-refractivity contribution in [3.05, 3.63) is 119 Å². The normalized spacial score (nSPS) is 14.6. The molecule has 6 rings (SSSR count). The van der Waals surface area contributed by atoms with Crippen LogP contribution in [0.2, 0.25) is 0 Å². The van der Waals surface area contributed by atoms with Crippen LogP contribution in [0.15, 0.2) is 90.2 Å². The number of anilines is 1. The van der Waals surface area contributed by atoms with Gasteiger partial charge in [-0.2, -0.15) is 5.10 Å². The number of nitrogens with two attached hydrogens (primary N) is 1. The zero-order chi connectivity index (χ0) is 33.9. The Morgan fingerprint density at radius 1 is 1.02 bits per heavy atom. The number of halogens is 3. The van der Waals surface area contributed by atoms with Gasteiger partial charge in [0.1, 0.15) is 35.5 Å². The monoisotopic (exact) mass is 687 g/mol. The molecule has 0 radical (unpaired) electrons. The second-order valence-electron chi connectivity index (χ2n) is 11.6. The Bertz CT molecular complexity index is 2070. The summed E-state index contributed by atoms with van der Waals surface area (Å²) < 4.78 is 37.2. The molecule has 0 saturated carbocycles. The SMILES string of the molecule is CC(C)C[C@H](N)C(=O)OCc1ccc(-c2nn3cccnc3c2C(=O)N[C@H]2N=C(c3ccccc3)c3cccc(F)c3NC2=O)c(F)c1.Cl. The number of aromatic nitrogens is 3. The van der Waals surface area contributed by atoms with E-state index in [-0.39, 0.29) is 58.8 Å². The van der Waals surface area contributed by atoms with Crippen molar-refractivity contribution in [3.63, 3.8) is 0 Å². The van der Waals surface area contributed by atoms with Crippen molar-refractivity contribution in [2.45, 2.75) is 39.1 Å². The van der Waals surface area contributed by atoms with E-state index in [0.29, 0.717) is 23.1 Å². The molecule has 2 atom stereocenters. The lowest BCUT2D eigenvalue weighted by Gasteiger charge is -2.14. The molecule has 0 aliphatic carbocycles. The molecule has 0 bridgehead atoms. The van der Waals surface area contributed by atoms with Crippen LogP contribution < -0.4 is 16.4 Å². The van der Waals surface area contributed by atoms with Gasteiger partial charge >= 0.3 is 5.97 Å². The zero-order valence-corrected chi connectivity index (χ0v) is 27.2. The van der Waals surface area contributed by atoms with Gasteiger partial charge in [-0.3, -0.25) is 14.4 Å². The number of carbonyl (C=O) groups is 3. The fraction of sp³-hybridized carbons (Fsp3) is 0.200. The summed E-state index contributed by atoms with van der Waals surface area (Å²) in [4.78, 5) is 48.5. The molecule has 11 nitrogen and oxygen atoms in total. The van der Waals surface area contributed by atoms with Crippen molar-refractivity contribution in [2.24, 2.45) is 16.6 Å². The Morgan fingerprint density at radius 2 is 1.80 bits per heavy atom. The Labute approximate surface area is 286 Å². The Morgan fingerprint density at radius 3 is 2.53 bits per heavy atom. The average molecular weight is 688 g/mol. The summed E-state index contributed by atoms with van der Waals surface area (Å²) >= 11 is 0. The number of nitrogens with one attached hydrogen (secondary N) is 2. The number of rotatable bonds is 9. The number of carbonyl (C=O) groups excluding carboxylic acids is 3. The van der Waals surface area contributed by atoms with E-state index in [9.17, 15) is 18.8 Å². The fourth-order valence-electron chi connectivity index (χ4n) is 5.41. The first kappa shape index (κ1) is 34.8. The third kappa shape index (κ3) is 7.32.